The highest BCUT2D eigenvalue weighted by Gasteiger charge is 2.44. The van der Waals surface area contributed by atoms with Gasteiger partial charge in [0.2, 0.25) is 11.8 Å². The summed E-state index contributed by atoms with van der Waals surface area (Å²) in [7, 11) is 5.47. The first-order chi connectivity index (χ1) is 15.0. The third kappa shape index (κ3) is 3.43. The SMILES string of the molecule is COc1nc2c(cc1C(=O)N1CCC3(CC1)OCCc1cnc(N(C)C)nc13)CCC2. The molecule has 1 spiro atoms. The second kappa shape index (κ2) is 7.75. The molecule has 8 nitrogen and oxygen atoms in total. The average Bonchev–Trinajstić information content (AvgIpc) is 3.26. The molecular formula is C23H29N5O3. The lowest BCUT2D eigenvalue weighted by Gasteiger charge is -2.44. The Kier molecular flexibility index (Phi) is 5.04. The molecule has 0 saturated carbocycles. The minimum atomic E-state index is -0.446. The van der Waals surface area contributed by atoms with Crippen molar-refractivity contribution in [3.8, 4) is 5.88 Å². The van der Waals surface area contributed by atoms with E-state index in [4.69, 9.17) is 14.5 Å². The number of anilines is 1. The van der Waals surface area contributed by atoms with Crippen LogP contribution in [0.15, 0.2) is 12.3 Å². The molecule has 2 aromatic heterocycles. The number of fused-ring (bicyclic) bond motifs is 3. The highest BCUT2D eigenvalue weighted by Crippen LogP contribution is 2.41. The van der Waals surface area contributed by atoms with Gasteiger partial charge in [0, 0.05) is 39.1 Å². The number of aromatic nitrogens is 3. The van der Waals surface area contributed by atoms with Crippen molar-refractivity contribution in [1.29, 1.82) is 0 Å². The van der Waals surface area contributed by atoms with E-state index < -0.39 is 5.60 Å². The Bertz CT molecular complexity index is 1010. The fraction of sp³-hybridized carbons (Fsp3) is 0.565. The second-order valence-corrected chi connectivity index (χ2v) is 8.83. The molecule has 31 heavy (non-hydrogen) atoms. The molecule has 2 aliphatic heterocycles. The van der Waals surface area contributed by atoms with Gasteiger partial charge in [-0.3, -0.25) is 4.79 Å². The van der Waals surface area contributed by atoms with Crippen molar-refractivity contribution in [2.75, 3.05) is 45.8 Å². The van der Waals surface area contributed by atoms with Crippen LogP contribution in [0.1, 0.15) is 52.1 Å². The van der Waals surface area contributed by atoms with E-state index in [2.05, 4.69) is 9.97 Å². The number of methoxy groups -OCH3 is 1. The van der Waals surface area contributed by atoms with Crippen LogP contribution in [0.3, 0.4) is 0 Å². The van der Waals surface area contributed by atoms with Crippen LogP contribution in [0, 0.1) is 0 Å². The second-order valence-electron chi connectivity index (χ2n) is 8.83. The summed E-state index contributed by atoms with van der Waals surface area (Å²) in [6.45, 7) is 1.88. The lowest BCUT2D eigenvalue weighted by atomic mass is 9.83. The number of hydrogen-bond acceptors (Lipinski definition) is 7. The summed E-state index contributed by atoms with van der Waals surface area (Å²) in [5.74, 6) is 1.12. The number of hydrogen-bond donors (Lipinski definition) is 0. The monoisotopic (exact) mass is 423 g/mol. The Morgan fingerprint density at radius 3 is 2.71 bits per heavy atom. The van der Waals surface area contributed by atoms with E-state index in [0.717, 1.165) is 55.5 Å². The summed E-state index contributed by atoms with van der Waals surface area (Å²) in [5, 5.41) is 0. The molecule has 1 fully saturated rings. The van der Waals surface area contributed by atoms with E-state index in [1.54, 1.807) is 7.11 Å². The lowest BCUT2D eigenvalue weighted by Crippen LogP contribution is -2.49. The Labute approximate surface area is 182 Å². The molecule has 0 bridgehead atoms. The zero-order chi connectivity index (χ0) is 21.6. The maximum Gasteiger partial charge on any atom is 0.259 e. The fourth-order valence-corrected chi connectivity index (χ4v) is 5.00. The van der Waals surface area contributed by atoms with Gasteiger partial charge >= 0.3 is 0 Å². The summed E-state index contributed by atoms with van der Waals surface area (Å²) in [6, 6.07) is 1.99. The quantitative estimate of drug-likeness (QED) is 0.748. The minimum absolute atomic E-state index is 0.0124. The minimum Gasteiger partial charge on any atom is -0.480 e. The van der Waals surface area contributed by atoms with Gasteiger partial charge in [0.15, 0.2) is 0 Å². The average molecular weight is 424 g/mol. The molecule has 1 saturated heterocycles. The van der Waals surface area contributed by atoms with E-state index in [-0.39, 0.29) is 5.91 Å². The Hall–Kier alpha value is -2.74. The van der Waals surface area contributed by atoms with E-state index in [9.17, 15) is 4.79 Å². The fourth-order valence-electron chi connectivity index (χ4n) is 5.00. The van der Waals surface area contributed by atoms with Crippen molar-refractivity contribution in [2.45, 2.75) is 44.1 Å². The first kappa shape index (κ1) is 20.2. The summed E-state index contributed by atoms with van der Waals surface area (Å²) in [4.78, 5) is 31.1. The number of likely N-dealkylation sites (tertiary alicyclic amines) is 1. The van der Waals surface area contributed by atoms with Crippen molar-refractivity contribution >= 4 is 11.9 Å². The zero-order valence-corrected chi connectivity index (χ0v) is 18.5. The zero-order valence-electron chi connectivity index (χ0n) is 18.5. The molecule has 164 valence electrons. The molecule has 3 aliphatic rings. The highest BCUT2D eigenvalue weighted by molar-refractivity contribution is 5.96. The molecule has 2 aromatic rings. The van der Waals surface area contributed by atoms with Gasteiger partial charge in [-0.15, -0.1) is 0 Å². The molecule has 0 N–H and O–H groups in total. The third-order valence-corrected chi connectivity index (χ3v) is 6.73. The van der Waals surface area contributed by atoms with E-state index in [1.165, 1.54) is 5.56 Å². The Morgan fingerprint density at radius 1 is 1.16 bits per heavy atom. The van der Waals surface area contributed by atoms with Gasteiger partial charge in [0.1, 0.15) is 11.2 Å². The van der Waals surface area contributed by atoms with E-state index >= 15 is 0 Å². The number of carbonyl (C=O) groups is 1. The third-order valence-electron chi connectivity index (χ3n) is 6.73. The predicted molar refractivity (Wildman–Crippen MR) is 116 cm³/mol. The molecule has 0 atom stereocenters. The van der Waals surface area contributed by atoms with E-state index in [1.807, 2.05) is 36.2 Å². The van der Waals surface area contributed by atoms with Gasteiger partial charge in [-0.1, -0.05) is 0 Å². The largest absolute Gasteiger partial charge is 0.480 e. The lowest BCUT2D eigenvalue weighted by molar-refractivity contribution is -0.0967. The molecule has 1 amide bonds. The topological polar surface area (TPSA) is 80.7 Å². The van der Waals surface area contributed by atoms with Crippen LogP contribution in [0.25, 0.3) is 0 Å². The van der Waals surface area contributed by atoms with Crippen molar-refractivity contribution in [1.82, 2.24) is 19.9 Å². The van der Waals surface area contributed by atoms with Crippen LogP contribution in [0.4, 0.5) is 5.95 Å². The maximum absolute atomic E-state index is 13.4. The van der Waals surface area contributed by atoms with Crippen LogP contribution < -0.4 is 9.64 Å². The molecule has 1 aliphatic carbocycles. The molecule has 0 unspecified atom stereocenters. The molecule has 4 heterocycles. The molecule has 5 rings (SSSR count). The van der Waals surface area contributed by atoms with Gasteiger partial charge in [-0.25, -0.2) is 15.0 Å². The van der Waals surface area contributed by atoms with Crippen LogP contribution in [-0.2, 0) is 29.6 Å². The number of nitrogens with zero attached hydrogens (tertiary/aromatic N) is 5. The number of carbonyl (C=O) groups excluding carboxylic acids is 1. The summed E-state index contributed by atoms with van der Waals surface area (Å²) >= 11 is 0. The van der Waals surface area contributed by atoms with Crippen LogP contribution in [0.5, 0.6) is 5.88 Å². The van der Waals surface area contributed by atoms with Crippen molar-refractivity contribution in [2.24, 2.45) is 0 Å². The molecule has 0 aromatic carbocycles. The standard InChI is InChI=1S/C23H29N5O3/c1-27(2)22-24-14-16-7-12-31-23(19(16)26-22)8-10-28(11-9-23)21(29)17-13-15-5-4-6-18(15)25-20(17)30-3/h13-14H,4-12H2,1-3H3. The van der Waals surface area contributed by atoms with Crippen molar-refractivity contribution in [3.05, 3.63) is 40.3 Å². The number of ether oxygens (including phenoxy) is 2. The van der Waals surface area contributed by atoms with Gasteiger partial charge in [0.25, 0.3) is 5.91 Å². The number of aryl methyl sites for hydroxylation is 2. The molecular weight excluding hydrogens is 394 g/mol. The van der Waals surface area contributed by atoms with Gasteiger partial charge < -0.3 is 19.3 Å². The predicted octanol–water partition coefficient (Wildman–Crippen LogP) is 2.14. The van der Waals surface area contributed by atoms with Gasteiger partial charge in [-0.05, 0) is 55.7 Å². The van der Waals surface area contributed by atoms with Crippen LogP contribution in [0.2, 0.25) is 0 Å². The number of pyridine rings is 1. The Balaban J connectivity index is 1.38. The smallest absolute Gasteiger partial charge is 0.259 e. The van der Waals surface area contributed by atoms with Crippen molar-refractivity contribution < 1.29 is 14.3 Å². The number of rotatable bonds is 3. The summed E-state index contributed by atoms with van der Waals surface area (Å²) in [5.41, 5.74) is 4.51. The van der Waals surface area contributed by atoms with Crippen LogP contribution in [-0.4, -0.2) is 66.7 Å². The maximum atomic E-state index is 13.4. The van der Waals surface area contributed by atoms with Gasteiger partial charge in [0.05, 0.1) is 19.4 Å². The summed E-state index contributed by atoms with van der Waals surface area (Å²) < 4.78 is 11.8. The van der Waals surface area contributed by atoms with Crippen LogP contribution >= 0.6 is 0 Å². The first-order valence-electron chi connectivity index (χ1n) is 11.0. The highest BCUT2D eigenvalue weighted by atomic mass is 16.5. The number of amides is 1. The van der Waals surface area contributed by atoms with Crippen molar-refractivity contribution in [3.63, 3.8) is 0 Å². The summed E-state index contributed by atoms with van der Waals surface area (Å²) in [6.07, 6.45) is 7.22. The molecule has 0 radical (unpaired) electrons. The first-order valence-corrected chi connectivity index (χ1v) is 11.0. The number of piperidine rings is 1. The normalized spacial score (nSPS) is 19.1. The van der Waals surface area contributed by atoms with Gasteiger partial charge in [-0.2, -0.15) is 0 Å². The Morgan fingerprint density at radius 2 is 1.97 bits per heavy atom. The molecule has 8 heteroatoms. The van der Waals surface area contributed by atoms with E-state index in [0.29, 0.717) is 37.1 Å².